The third-order valence-corrected chi connectivity index (χ3v) is 3.41. The molecule has 0 atom stereocenters. The monoisotopic (exact) mass is 323 g/mol. The van der Waals surface area contributed by atoms with Gasteiger partial charge in [0.15, 0.2) is 0 Å². The van der Waals surface area contributed by atoms with Crippen LogP contribution in [0.2, 0.25) is 0 Å². The molecular weight excluding hydrogens is 316 g/mol. The first-order chi connectivity index (χ1) is 9.04. The smallest absolute Gasteiger partial charge is 0.146 e. The van der Waals surface area contributed by atoms with E-state index in [1.165, 1.54) is 18.2 Å². The van der Waals surface area contributed by atoms with Crippen LogP contribution in [0.5, 0.6) is 0 Å². The van der Waals surface area contributed by atoms with E-state index in [1.807, 2.05) is 0 Å². The zero-order valence-electron chi connectivity index (χ0n) is 9.55. The minimum absolute atomic E-state index is 0.0775. The number of halogens is 3. The summed E-state index contributed by atoms with van der Waals surface area (Å²) in [7, 11) is 0. The van der Waals surface area contributed by atoms with Crippen LogP contribution in [0.4, 0.5) is 14.5 Å². The van der Waals surface area contributed by atoms with E-state index < -0.39 is 5.82 Å². The highest BCUT2D eigenvalue weighted by molar-refractivity contribution is 9.10. The van der Waals surface area contributed by atoms with Gasteiger partial charge in [0.1, 0.15) is 17.5 Å². The lowest BCUT2D eigenvalue weighted by Gasteiger charge is -1.99. The van der Waals surface area contributed by atoms with Crippen molar-refractivity contribution in [2.45, 2.75) is 0 Å². The van der Waals surface area contributed by atoms with Gasteiger partial charge in [-0.05, 0) is 40.2 Å². The number of nitrogens with zero attached hydrogens (tertiary/aromatic N) is 1. The molecule has 3 rings (SSSR count). The van der Waals surface area contributed by atoms with Gasteiger partial charge in [-0.1, -0.05) is 0 Å². The summed E-state index contributed by atoms with van der Waals surface area (Å²) in [5.41, 5.74) is 7.20. The molecule has 1 aromatic heterocycles. The Kier molecular flexibility index (Phi) is 2.74. The quantitative estimate of drug-likeness (QED) is 0.668. The van der Waals surface area contributed by atoms with E-state index in [1.54, 1.807) is 12.1 Å². The molecule has 1 heterocycles. The Labute approximate surface area is 115 Å². The first kappa shape index (κ1) is 12.1. The summed E-state index contributed by atoms with van der Waals surface area (Å²) in [6.45, 7) is 0. The van der Waals surface area contributed by atoms with E-state index in [4.69, 9.17) is 5.73 Å². The number of nitrogen functional groups attached to an aromatic ring is 1. The fraction of sp³-hybridized carbons (Fsp3) is 0. The molecule has 0 amide bonds. The van der Waals surface area contributed by atoms with Crippen LogP contribution in [0.25, 0.3) is 22.4 Å². The van der Waals surface area contributed by atoms with E-state index in [-0.39, 0.29) is 11.5 Å². The molecule has 0 spiro atoms. The number of aromatic nitrogens is 2. The van der Waals surface area contributed by atoms with Crippen LogP contribution in [-0.4, -0.2) is 9.97 Å². The van der Waals surface area contributed by atoms with Gasteiger partial charge in [0, 0.05) is 11.6 Å². The summed E-state index contributed by atoms with van der Waals surface area (Å²) < 4.78 is 27.2. The fourth-order valence-electron chi connectivity index (χ4n) is 1.82. The predicted octanol–water partition coefficient (Wildman–Crippen LogP) is 3.85. The zero-order valence-corrected chi connectivity index (χ0v) is 11.1. The average Bonchev–Trinajstić information content (AvgIpc) is 2.76. The Morgan fingerprint density at radius 1 is 1.11 bits per heavy atom. The van der Waals surface area contributed by atoms with Crippen molar-refractivity contribution in [1.82, 2.24) is 9.97 Å². The highest BCUT2D eigenvalue weighted by Gasteiger charge is 2.10. The summed E-state index contributed by atoms with van der Waals surface area (Å²) >= 11 is 3.10. The molecule has 0 fully saturated rings. The number of aromatic amines is 1. The van der Waals surface area contributed by atoms with Gasteiger partial charge in [0.25, 0.3) is 0 Å². The van der Waals surface area contributed by atoms with Crippen molar-refractivity contribution in [2.75, 3.05) is 5.73 Å². The summed E-state index contributed by atoms with van der Waals surface area (Å²) in [4.78, 5) is 7.24. The van der Waals surface area contributed by atoms with Gasteiger partial charge in [-0.25, -0.2) is 13.8 Å². The Morgan fingerprint density at radius 2 is 1.89 bits per heavy atom. The highest BCUT2D eigenvalue weighted by atomic mass is 79.9. The minimum atomic E-state index is -0.509. The van der Waals surface area contributed by atoms with E-state index in [2.05, 4.69) is 25.9 Å². The van der Waals surface area contributed by atoms with Gasteiger partial charge < -0.3 is 10.7 Å². The summed E-state index contributed by atoms with van der Waals surface area (Å²) in [5, 5.41) is 0. The molecule has 0 aliphatic carbocycles. The molecule has 0 aliphatic rings. The molecule has 19 heavy (non-hydrogen) atoms. The molecule has 0 aliphatic heterocycles. The lowest BCUT2D eigenvalue weighted by molar-refractivity contribution is 0.623. The number of imidazole rings is 1. The molecule has 3 nitrogen and oxygen atoms in total. The second-order valence-electron chi connectivity index (χ2n) is 4.11. The van der Waals surface area contributed by atoms with Crippen LogP contribution in [-0.2, 0) is 0 Å². The number of benzene rings is 2. The second-order valence-corrected chi connectivity index (χ2v) is 4.96. The summed E-state index contributed by atoms with van der Waals surface area (Å²) in [5.74, 6) is -0.428. The normalized spacial score (nSPS) is 11.1. The topological polar surface area (TPSA) is 54.7 Å². The molecule has 6 heteroatoms. The van der Waals surface area contributed by atoms with Crippen LogP contribution < -0.4 is 5.73 Å². The Balaban J connectivity index is 2.17. The molecule has 0 saturated heterocycles. The van der Waals surface area contributed by atoms with Crippen molar-refractivity contribution >= 4 is 32.7 Å². The van der Waals surface area contributed by atoms with Crippen molar-refractivity contribution in [3.05, 3.63) is 46.4 Å². The lowest BCUT2D eigenvalue weighted by Crippen LogP contribution is -1.91. The van der Waals surface area contributed by atoms with E-state index >= 15 is 0 Å². The van der Waals surface area contributed by atoms with Crippen molar-refractivity contribution in [2.24, 2.45) is 0 Å². The van der Waals surface area contributed by atoms with E-state index in [0.29, 0.717) is 26.9 Å². The van der Waals surface area contributed by atoms with E-state index in [9.17, 15) is 8.78 Å². The average molecular weight is 324 g/mol. The molecule has 0 radical (unpaired) electrons. The van der Waals surface area contributed by atoms with Crippen LogP contribution >= 0.6 is 15.9 Å². The molecule has 3 aromatic rings. The molecular formula is C13H8BrF2N3. The molecule has 0 unspecified atom stereocenters. The van der Waals surface area contributed by atoms with Crippen LogP contribution in [0.3, 0.4) is 0 Å². The predicted molar refractivity (Wildman–Crippen MR) is 73.6 cm³/mol. The lowest BCUT2D eigenvalue weighted by atomic mass is 10.2. The number of hydrogen-bond donors (Lipinski definition) is 2. The maximum absolute atomic E-state index is 13.4. The van der Waals surface area contributed by atoms with Gasteiger partial charge in [0.2, 0.25) is 0 Å². The SMILES string of the molecule is Nc1ccc(-c2nc3cc(Br)c(F)cc3[nH]2)cc1F. The van der Waals surface area contributed by atoms with Crippen molar-refractivity contribution in [3.63, 3.8) is 0 Å². The number of rotatable bonds is 1. The zero-order chi connectivity index (χ0) is 13.6. The largest absolute Gasteiger partial charge is 0.396 e. The molecule has 96 valence electrons. The van der Waals surface area contributed by atoms with Crippen LogP contribution in [0.15, 0.2) is 34.8 Å². The standard InChI is InChI=1S/C13H8BrF2N3/c14-7-4-11-12(5-8(7)15)19-13(18-11)6-1-2-10(17)9(16)3-6/h1-5H,17H2,(H,18,19). The first-order valence-corrected chi connectivity index (χ1v) is 6.24. The van der Waals surface area contributed by atoms with Gasteiger partial charge in [-0.3, -0.25) is 0 Å². The molecule has 2 aromatic carbocycles. The number of fused-ring (bicyclic) bond motifs is 1. The van der Waals surface area contributed by atoms with Crippen LogP contribution in [0, 0.1) is 11.6 Å². The molecule has 3 N–H and O–H groups in total. The van der Waals surface area contributed by atoms with E-state index in [0.717, 1.165) is 0 Å². The third-order valence-electron chi connectivity index (χ3n) is 2.80. The third kappa shape index (κ3) is 2.08. The fourth-order valence-corrected chi connectivity index (χ4v) is 2.15. The van der Waals surface area contributed by atoms with Crippen molar-refractivity contribution in [1.29, 1.82) is 0 Å². The first-order valence-electron chi connectivity index (χ1n) is 5.45. The Morgan fingerprint density at radius 3 is 2.63 bits per heavy atom. The molecule has 0 bridgehead atoms. The second kappa shape index (κ2) is 4.31. The number of H-pyrrole nitrogens is 1. The maximum Gasteiger partial charge on any atom is 0.146 e. The van der Waals surface area contributed by atoms with Crippen molar-refractivity contribution < 1.29 is 8.78 Å². The number of nitrogens with two attached hydrogens (primary N) is 1. The van der Waals surface area contributed by atoms with Gasteiger partial charge in [0.05, 0.1) is 21.2 Å². The van der Waals surface area contributed by atoms with Gasteiger partial charge in [-0.2, -0.15) is 0 Å². The summed E-state index contributed by atoms with van der Waals surface area (Å²) in [6.07, 6.45) is 0. The van der Waals surface area contributed by atoms with Gasteiger partial charge in [-0.15, -0.1) is 0 Å². The van der Waals surface area contributed by atoms with Crippen LogP contribution in [0.1, 0.15) is 0 Å². The summed E-state index contributed by atoms with van der Waals surface area (Å²) in [6, 6.07) is 7.32. The van der Waals surface area contributed by atoms with Crippen molar-refractivity contribution in [3.8, 4) is 11.4 Å². The number of anilines is 1. The maximum atomic E-state index is 13.4. The number of hydrogen-bond acceptors (Lipinski definition) is 2. The highest BCUT2D eigenvalue weighted by Crippen LogP contribution is 2.26. The number of nitrogens with one attached hydrogen (secondary N) is 1. The molecule has 0 saturated carbocycles. The minimum Gasteiger partial charge on any atom is -0.396 e. The Hall–Kier alpha value is -1.95. The van der Waals surface area contributed by atoms with Gasteiger partial charge >= 0.3 is 0 Å². The Bertz CT molecular complexity index is 744.